The second-order valence-corrected chi connectivity index (χ2v) is 4.17. The van der Waals surface area contributed by atoms with Crippen molar-refractivity contribution in [2.45, 2.75) is 12.5 Å². The molecule has 0 saturated carbocycles. The second kappa shape index (κ2) is 3.22. The molecule has 0 aromatic heterocycles. The predicted octanol–water partition coefficient (Wildman–Crippen LogP) is 1.55. The fourth-order valence-corrected chi connectivity index (χ4v) is 2.12. The lowest BCUT2D eigenvalue weighted by Gasteiger charge is -2.23. The van der Waals surface area contributed by atoms with Crippen molar-refractivity contribution >= 4 is 22.6 Å². The lowest BCUT2D eigenvalue weighted by Crippen LogP contribution is -2.34. The van der Waals surface area contributed by atoms with Crippen LogP contribution in [0, 0.1) is 3.57 Å². The second-order valence-electron chi connectivity index (χ2n) is 3.00. The van der Waals surface area contributed by atoms with E-state index in [2.05, 4.69) is 34.7 Å². The van der Waals surface area contributed by atoms with Crippen LogP contribution in [0.3, 0.4) is 0 Å². The molecule has 1 aromatic rings. The number of fused-ring (bicyclic) bond motifs is 1. The number of nitrogens with two attached hydrogens (primary N) is 1. The fourth-order valence-electron chi connectivity index (χ4n) is 1.41. The maximum absolute atomic E-state index is 5.77. The Hall–Kier alpha value is -0.290. The minimum Gasteiger partial charge on any atom is -0.491 e. The van der Waals surface area contributed by atoms with E-state index < -0.39 is 0 Å². The smallest absolute Gasteiger partial charge is 0.135 e. The van der Waals surface area contributed by atoms with Crippen molar-refractivity contribution in [3.8, 4) is 5.75 Å². The molecule has 1 atom stereocenters. The van der Waals surface area contributed by atoms with E-state index in [1.54, 1.807) is 0 Å². The average molecular weight is 275 g/mol. The van der Waals surface area contributed by atoms with Gasteiger partial charge in [0.1, 0.15) is 12.4 Å². The highest BCUT2D eigenvalue weighted by atomic mass is 127. The Morgan fingerprint density at radius 1 is 1.50 bits per heavy atom. The maximum Gasteiger partial charge on any atom is 0.135 e. The molecule has 2 rings (SSSR count). The van der Waals surface area contributed by atoms with Crippen molar-refractivity contribution in [2.24, 2.45) is 5.73 Å². The van der Waals surface area contributed by atoms with Gasteiger partial charge in [-0.25, -0.2) is 0 Å². The van der Waals surface area contributed by atoms with Crippen LogP contribution >= 0.6 is 22.6 Å². The average Bonchev–Trinajstić information content (AvgIpc) is 2.04. The molecule has 0 bridgehead atoms. The molecular formula is C9H10INO. The summed E-state index contributed by atoms with van der Waals surface area (Å²) in [5, 5.41) is 0. The highest BCUT2D eigenvalue weighted by molar-refractivity contribution is 14.1. The molecule has 0 radical (unpaired) electrons. The zero-order valence-electron chi connectivity index (χ0n) is 6.59. The summed E-state index contributed by atoms with van der Waals surface area (Å²) < 4.78 is 6.71. The zero-order valence-corrected chi connectivity index (χ0v) is 8.74. The van der Waals surface area contributed by atoms with Gasteiger partial charge in [0.05, 0.1) is 3.57 Å². The van der Waals surface area contributed by atoms with Gasteiger partial charge in [-0.1, -0.05) is 12.1 Å². The quantitative estimate of drug-likeness (QED) is 0.729. The zero-order chi connectivity index (χ0) is 8.55. The van der Waals surface area contributed by atoms with Crippen LogP contribution in [0.25, 0.3) is 0 Å². The first-order valence-corrected chi connectivity index (χ1v) is 5.01. The van der Waals surface area contributed by atoms with Gasteiger partial charge in [-0.05, 0) is 40.6 Å². The molecule has 3 heteroatoms. The first-order chi connectivity index (χ1) is 5.77. The van der Waals surface area contributed by atoms with Crippen LogP contribution in [0.5, 0.6) is 5.75 Å². The van der Waals surface area contributed by atoms with Gasteiger partial charge >= 0.3 is 0 Å². The highest BCUT2D eigenvalue weighted by Gasteiger charge is 2.17. The topological polar surface area (TPSA) is 35.2 Å². The Morgan fingerprint density at radius 3 is 3.17 bits per heavy atom. The monoisotopic (exact) mass is 275 g/mol. The van der Waals surface area contributed by atoms with E-state index in [-0.39, 0.29) is 6.04 Å². The predicted molar refractivity (Wildman–Crippen MR) is 56.3 cm³/mol. The first-order valence-electron chi connectivity index (χ1n) is 3.93. The Morgan fingerprint density at radius 2 is 2.33 bits per heavy atom. The van der Waals surface area contributed by atoms with Gasteiger partial charge in [-0.15, -0.1) is 0 Å². The molecule has 2 N–H and O–H groups in total. The summed E-state index contributed by atoms with van der Waals surface area (Å²) in [5.41, 5.74) is 7.01. The summed E-state index contributed by atoms with van der Waals surface area (Å²) in [7, 11) is 0. The van der Waals surface area contributed by atoms with Crippen LogP contribution in [-0.4, -0.2) is 12.6 Å². The Balaban J connectivity index is 2.42. The van der Waals surface area contributed by atoms with E-state index in [4.69, 9.17) is 10.5 Å². The summed E-state index contributed by atoms with van der Waals surface area (Å²) >= 11 is 2.28. The summed E-state index contributed by atoms with van der Waals surface area (Å²) in [6.45, 7) is 0.646. The minimum absolute atomic E-state index is 0.163. The van der Waals surface area contributed by atoms with E-state index in [1.165, 1.54) is 9.13 Å². The van der Waals surface area contributed by atoms with Crippen molar-refractivity contribution in [2.75, 3.05) is 6.61 Å². The number of hydrogen-bond acceptors (Lipinski definition) is 2. The lowest BCUT2D eigenvalue weighted by atomic mass is 10.0. The van der Waals surface area contributed by atoms with Crippen molar-refractivity contribution < 1.29 is 4.74 Å². The van der Waals surface area contributed by atoms with Crippen LogP contribution in [0.15, 0.2) is 18.2 Å². The molecule has 0 amide bonds. The summed E-state index contributed by atoms with van der Waals surface area (Å²) in [4.78, 5) is 0. The van der Waals surface area contributed by atoms with Crippen LogP contribution < -0.4 is 10.5 Å². The van der Waals surface area contributed by atoms with Crippen LogP contribution in [0.4, 0.5) is 0 Å². The van der Waals surface area contributed by atoms with Gasteiger partial charge in [-0.2, -0.15) is 0 Å². The molecule has 12 heavy (non-hydrogen) atoms. The molecule has 1 aliphatic rings. The molecule has 64 valence electrons. The number of ether oxygens (including phenoxy) is 1. The molecule has 1 aliphatic heterocycles. The lowest BCUT2D eigenvalue weighted by molar-refractivity contribution is 0.261. The van der Waals surface area contributed by atoms with E-state index in [0.29, 0.717) is 6.61 Å². The number of hydrogen-bond donors (Lipinski definition) is 1. The number of para-hydroxylation sites is 1. The Labute approximate surface area is 85.2 Å². The van der Waals surface area contributed by atoms with Gasteiger partial charge in [0.15, 0.2) is 0 Å². The summed E-state index contributed by atoms with van der Waals surface area (Å²) in [5.74, 6) is 1.03. The van der Waals surface area contributed by atoms with E-state index >= 15 is 0 Å². The molecule has 0 saturated heterocycles. The molecule has 0 spiro atoms. The third kappa shape index (κ3) is 1.43. The van der Waals surface area contributed by atoms with Crippen molar-refractivity contribution in [3.05, 3.63) is 27.3 Å². The standard InChI is InChI=1S/C9H10INO/c10-8-3-1-2-6-4-7(11)5-12-9(6)8/h1-3,7H,4-5,11H2/t7-/m0/s1. The van der Waals surface area contributed by atoms with Crippen molar-refractivity contribution in [1.29, 1.82) is 0 Å². The molecule has 0 aliphatic carbocycles. The van der Waals surface area contributed by atoms with Gasteiger partial charge in [0, 0.05) is 6.04 Å². The van der Waals surface area contributed by atoms with Gasteiger partial charge in [0.2, 0.25) is 0 Å². The van der Waals surface area contributed by atoms with E-state index in [9.17, 15) is 0 Å². The Bertz CT molecular complexity index is 301. The van der Waals surface area contributed by atoms with Crippen molar-refractivity contribution in [3.63, 3.8) is 0 Å². The first kappa shape index (κ1) is 8.31. The number of benzene rings is 1. The largest absolute Gasteiger partial charge is 0.491 e. The van der Waals surface area contributed by atoms with Crippen LogP contribution in [-0.2, 0) is 6.42 Å². The summed E-state index contributed by atoms with van der Waals surface area (Å²) in [6, 6.07) is 6.34. The SMILES string of the molecule is N[C@@H]1COc2c(I)cccc2C1. The highest BCUT2D eigenvalue weighted by Crippen LogP contribution is 2.29. The Kier molecular flexibility index (Phi) is 2.23. The van der Waals surface area contributed by atoms with E-state index in [1.807, 2.05) is 6.07 Å². The van der Waals surface area contributed by atoms with Crippen molar-refractivity contribution in [1.82, 2.24) is 0 Å². The third-order valence-electron chi connectivity index (χ3n) is 1.97. The van der Waals surface area contributed by atoms with Gasteiger partial charge in [-0.3, -0.25) is 0 Å². The molecule has 0 fully saturated rings. The summed E-state index contributed by atoms with van der Waals surface area (Å²) in [6.07, 6.45) is 0.937. The van der Waals surface area contributed by atoms with Crippen LogP contribution in [0.2, 0.25) is 0 Å². The molecule has 0 unspecified atom stereocenters. The molecule has 1 aromatic carbocycles. The normalized spacial score (nSPS) is 21.3. The molecule has 1 heterocycles. The third-order valence-corrected chi connectivity index (χ3v) is 2.82. The fraction of sp³-hybridized carbons (Fsp3) is 0.333. The number of halogens is 1. The number of rotatable bonds is 0. The molecular weight excluding hydrogens is 265 g/mol. The van der Waals surface area contributed by atoms with Crippen LogP contribution in [0.1, 0.15) is 5.56 Å². The minimum atomic E-state index is 0.163. The van der Waals surface area contributed by atoms with Gasteiger partial charge < -0.3 is 10.5 Å². The van der Waals surface area contributed by atoms with Gasteiger partial charge in [0.25, 0.3) is 0 Å². The molecule has 2 nitrogen and oxygen atoms in total. The van der Waals surface area contributed by atoms with E-state index in [0.717, 1.165) is 12.2 Å². The maximum atomic E-state index is 5.77.